The van der Waals surface area contributed by atoms with Crippen LogP contribution in [0.3, 0.4) is 0 Å². The van der Waals surface area contributed by atoms with Gasteiger partial charge in [-0.1, -0.05) is 12.1 Å². The maximum absolute atomic E-state index is 6.00. The number of hydrogen-bond donors (Lipinski definition) is 0. The monoisotopic (exact) mass is 263 g/mol. The molecule has 0 spiro atoms. The van der Waals surface area contributed by atoms with Gasteiger partial charge in [0.1, 0.15) is 12.7 Å². The number of ether oxygens (including phenoxy) is 3. The summed E-state index contributed by atoms with van der Waals surface area (Å²) in [6.45, 7) is 3.28. The normalized spacial score (nSPS) is 23.6. The smallest absolute Gasteiger partial charge is 0.161 e. The molecule has 2 aliphatic heterocycles. The zero-order valence-electron chi connectivity index (χ0n) is 11.4. The van der Waals surface area contributed by atoms with Crippen LogP contribution in [0.4, 0.5) is 0 Å². The van der Waals surface area contributed by atoms with Crippen LogP contribution in [0.15, 0.2) is 24.3 Å². The van der Waals surface area contributed by atoms with Crippen molar-refractivity contribution in [2.45, 2.75) is 25.0 Å². The van der Waals surface area contributed by atoms with E-state index in [-0.39, 0.29) is 6.10 Å². The predicted octanol–water partition coefficient (Wildman–Crippen LogP) is 1.94. The topological polar surface area (TPSA) is 30.9 Å². The van der Waals surface area contributed by atoms with Gasteiger partial charge in [0.15, 0.2) is 11.5 Å². The second-order valence-electron chi connectivity index (χ2n) is 5.28. The zero-order valence-corrected chi connectivity index (χ0v) is 11.4. The van der Waals surface area contributed by atoms with Crippen LogP contribution in [0.25, 0.3) is 0 Å². The van der Waals surface area contributed by atoms with E-state index in [1.165, 1.54) is 0 Å². The number of benzene rings is 1. The van der Waals surface area contributed by atoms with Crippen LogP contribution >= 0.6 is 0 Å². The first kappa shape index (κ1) is 12.8. The van der Waals surface area contributed by atoms with E-state index in [4.69, 9.17) is 14.2 Å². The van der Waals surface area contributed by atoms with Gasteiger partial charge in [0.05, 0.1) is 0 Å². The Morgan fingerprint density at radius 3 is 2.68 bits per heavy atom. The van der Waals surface area contributed by atoms with Crippen LogP contribution in [0, 0.1) is 0 Å². The molecule has 1 saturated heterocycles. The first-order valence-electron chi connectivity index (χ1n) is 6.99. The van der Waals surface area contributed by atoms with Crippen molar-refractivity contribution >= 4 is 0 Å². The lowest BCUT2D eigenvalue weighted by atomic mass is 10.1. The van der Waals surface area contributed by atoms with E-state index in [2.05, 4.69) is 11.9 Å². The lowest BCUT2D eigenvalue weighted by Crippen LogP contribution is -2.45. The van der Waals surface area contributed by atoms with Crippen molar-refractivity contribution in [1.82, 2.24) is 4.90 Å². The van der Waals surface area contributed by atoms with E-state index in [1.54, 1.807) is 0 Å². The van der Waals surface area contributed by atoms with Crippen molar-refractivity contribution in [3.05, 3.63) is 24.3 Å². The minimum absolute atomic E-state index is 0.114. The molecule has 4 heteroatoms. The number of rotatable bonds is 3. The lowest BCUT2D eigenvalue weighted by molar-refractivity contribution is 0.0141. The molecular weight excluding hydrogens is 242 g/mol. The molecule has 4 nitrogen and oxygen atoms in total. The Morgan fingerprint density at radius 1 is 1.16 bits per heavy atom. The fourth-order valence-corrected chi connectivity index (χ4v) is 2.75. The number of nitrogens with zero attached hydrogens (tertiary/aromatic N) is 1. The third-order valence-corrected chi connectivity index (χ3v) is 3.87. The summed E-state index contributed by atoms with van der Waals surface area (Å²) in [5.41, 5.74) is 0. The van der Waals surface area contributed by atoms with E-state index in [0.29, 0.717) is 12.6 Å². The average Bonchev–Trinajstić information content (AvgIpc) is 2.48. The Kier molecular flexibility index (Phi) is 3.89. The molecule has 19 heavy (non-hydrogen) atoms. The Hall–Kier alpha value is -1.26. The Morgan fingerprint density at radius 2 is 1.89 bits per heavy atom. The molecular formula is C15H21NO3. The molecule has 1 fully saturated rings. The minimum atomic E-state index is 0.114. The summed E-state index contributed by atoms with van der Waals surface area (Å²) in [5.74, 6) is 1.71. The van der Waals surface area contributed by atoms with Crippen molar-refractivity contribution in [3.8, 4) is 11.5 Å². The van der Waals surface area contributed by atoms with E-state index in [9.17, 15) is 0 Å². The first-order chi connectivity index (χ1) is 9.33. The summed E-state index contributed by atoms with van der Waals surface area (Å²) in [6, 6.07) is 8.47. The summed E-state index contributed by atoms with van der Waals surface area (Å²) in [5, 5.41) is 0. The van der Waals surface area contributed by atoms with E-state index < -0.39 is 0 Å². The Balaban J connectivity index is 1.56. The molecule has 104 valence electrons. The second-order valence-corrected chi connectivity index (χ2v) is 5.28. The fraction of sp³-hybridized carbons (Fsp3) is 0.600. The molecule has 0 aromatic heterocycles. The van der Waals surface area contributed by atoms with Gasteiger partial charge in [-0.25, -0.2) is 0 Å². The van der Waals surface area contributed by atoms with Crippen molar-refractivity contribution in [2.24, 2.45) is 0 Å². The molecule has 1 atom stereocenters. The fourth-order valence-electron chi connectivity index (χ4n) is 2.75. The van der Waals surface area contributed by atoms with Crippen molar-refractivity contribution in [3.63, 3.8) is 0 Å². The zero-order chi connectivity index (χ0) is 13.1. The highest BCUT2D eigenvalue weighted by Gasteiger charge is 2.25. The molecule has 0 N–H and O–H groups in total. The van der Waals surface area contributed by atoms with Crippen LogP contribution in [-0.4, -0.2) is 50.5 Å². The van der Waals surface area contributed by atoms with Gasteiger partial charge in [-0.05, 0) is 32.0 Å². The Labute approximate surface area is 114 Å². The predicted molar refractivity (Wildman–Crippen MR) is 72.8 cm³/mol. The van der Waals surface area contributed by atoms with Gasteiger partial charge in [-0.3, -0.25) is 4.90 Å². The van der Waals surface area contributed by atoms with Crippen molar-refractivity contribution < 1.29 is 14.2 Å². The van der Waals surface area contributed by atoms with E-state index >= 15 is 0 Å². The summed E-state index contributed by atoms with van der Waals surface area (Å²) in [6.07, 6.45) is 2.34. The van der Waals surface area contributed by atoms with Gasteiger partial charge in [0.25, 0.3) is 0 Å². The maximum Gasteiger partial charge on any atom is 0.161 e. The number of fused-ring (bicyclic) bond motifs is 1. The van der Waals surface area contributed by atoms with Crippen LogP contribution in [0.1, 0.15) is 12.8 Å². The van der Waals surface area contributed by atoms with Gasteiger partial charge < -0.3 is 14.2 Å². The van der Waals surface area contributed by atoms with Gasteiger partial charge in [-0.15, -0.1) is 0 Å². The molecule has 0 bridgehead atoms. The highest BCUT2D eigenvalue weighted by Crippen LogP contribution is 2.31. The standard InChI is InChI=1S/C15H21NO3/c1-16(12-6-8-17-9-7-12)10-13-11-18-14-4-2-3-5-15(14)19-13/h2-5,12-13H,6-11H2,1H3. The van der Waals surface area contributed by atoms with Crippen LogP contribution in [0.5, 0.6) is 11.5 Å². The number of likely N-dealkylation sites (N-methyl/N-ethyl adjacent to an activating group) is 1. The summed E-state index contributed by atoms with van der Waals surface area (Å²) >= 11 is 0. The molecule has 2 aliphatic rings. The van der Waals surface area contributed by atoms with Gasteiger partial charge in [0.2, 0.25) is 0 Å². The second kappa shape index (κ2) is 5.80. The highest BCUT2D eigenvalue weighted by atomic mass is 16.6. The van der Waals surface area contributed by atoms with Crippen molar-refractivity contribution in [2.75, 3.05) is 33.4 Å². The summed E-state index contributed by atoms with van der Waals surface area (Å²) in [7, 11) is 2.17. The molecule has 0 amide bonds. The third-order valence-electron chi connectivity index (χ3n) is 3.87. The minimum Gasteiger partial charge on any atom is -0.486 e. The molecule has 1 aromatic rings. The molecule has 0 radical (unpaired) electrons. The first-order valence-corrected chi connectivity index (χ1v) is 6.99. The third kappa shape index (κ3) is 3.01. The van der Waals surface area contributed by atoms with Gasteiger partial charge in [-0.2, -0.15) is 0 Å². The number of hydrogen-bond acceptors (Lipinski definition) is 4. The quantitative estimate of drug-likeness (QED) is 0.834. The maximum atomic E-state index is 6.00. The molecule has 1 aromatic carbocycles. The summed E-state index contributed by atoms with van der Waals surface area (Å²) < 4.78 is 17.1. The van der Waals surface area contributed by atoms with Crippen LogP contribution in [-0.2, 0) is 4.74 Å². The van der Waals surface area contributed by atoms with Crippen LogP contribution < -0.4 is 9.47 Å². The Bertz CT molecular complexity index is 418. The van der Waals surface area contributed by atoms with E-state index in [1.807, 2.05) is 24.3 Å². The molecule has 1 unspecified atom stereocenters. The van der Waals surface area contributed by atoms with Gasteiger partial charge >= 0.3 is 0 Å². The molecule has 2 heterocycles. The van der Waals surface area contributed by atoms with Gasteiger partial charge in [0, 0.05) is 25.8 Å². The number of para-hydroxylation sites is 2. The van der Waals surface area contributed by atoms with Crippen molar-refractivity contribution in [1.29, 1.82) is 0 Å². The largest absolute Gasteiger partial charge is 0.486 e. The lowest BCUT2D eigenvalue weighted by Gasteiger charge is -2.35. The summed E-state index contributed by atoms with van der Waals surface area (Å²) in [4.78, 5) is 2.38. The SMILES string of the molecule is CN(CC1COc2ccccc2O1)C1CCOCC1. The highest BCUT2D eigenvalue weighted by molar-refractivity contribution is 5.40. The van der Waals surface area contributed by atoms with Crippen LogP contribution in [0.2, 0.25) is 0 Å². The van der Waals surface area contributed by atoms with E-state index in [0.717, 1.165) is 44.1 Å². The average molecular weight is 263 g/mol. The molecule has 0 aliphatic carbocycles. The molecule has 0 saturated carbocycles. The molecule has 3 rings (SSSR count).